The van der Waals surface area contributed by atoms with E-state index >= 15 is 0 Å². The van der Waals surface area contributed by atoms with Gasteiger partial charge in [-0.05, 0) is 149 Å². The van der Waals surface area contributed by atoms with E-state index in [0.717, 1.165) is 45.7 Å². The Morgan fingerprint density at radius 1 is 0.385 bits per heavy atom. The molecule has 514 valence electrons. The third-order valence-corrected chi connectivity index (χ3v) is 20.5. The van der Waals surface area contributed by atoms with Crippen LogP contribution in [0.25, 0.3) is 21.5 Å². The molecule has 21 nitrogen and oxygen atoms in total. The van der Waals surface area contributed by atoms with Gasteiger partial charge in [0.15, 0.2) is 21.3 Å². The molecule has 5 fully saturated rings. The lowest BCUT2D eigenvalue weighted by atomic mass is 9.86. The number of hydrogen-bond acceptors (Lipinski definition) is 21. The number of aliphatic hydroxyl groups is 3. The van der Waals surface area contributed by atoms with Crippen LogP contribution in [0.1, 0.15) is 89.9 Å². The van der Waals surface area contributed by atoms with Crippen molar-refractivity contribution in [1.82, 2.24) is 0 Å². The van der Waals surface area contributed by atoms with Crippen LogP contribution in [0, 0.1) is 23.7 Å². The van der Waals surface area contributed by atoms with Crippen molar-refractivity contribution in [2.24, 2.45) is 23.7 Å². The first-order chi connectivity index (χ1) is 46.9. The second-order valence-electron chi connectivity index (χ2n) is 25.4. The molecular weight excluding hydrogens is 1260 g/mol. The maximum atomic E-state index is 13.3. The van der Waals surface area contributed by atoms with Crippen molar-refractivity contribution in [2.75, 3.05) is 73.0 Å². The summed E-state index contributed by atoms with van der Waals surface area (Å²) in [5.41, 5.74) is 0. The van der Waals surface area contributed by atoms with Crippen molar-refractivity contribution in [2.45, 2.75) is 153 Å². The minimum Gasteiger partial charge on any atom is -0.492 e. The first-order valence-corrected chi connectivity index (χ1v) is 34.8. The van der Waals surface area contributed by atoms with Gasteiger partial charge < -0.3 is 76.9 Å². The molecule has 1 heterocycles. The number of carbonyl (C=O) groups excluding carboxylic acids is 5. The molecule has 1 aliphatic heterocycles. The van der Waals surface area contributed by atoms with Gasteiger partial charge in [0.1, 0.15) is 62.4 Å². The summed E-state index contributed by atoms with van der Waals surface area (Å²) in [4.78, 5) is 67.6. The van der Waals surface area contributed by atoms with Crippen LogP contribution < -0.4 is 14.2 Å². The molecule has 11 rings (SSSR count). The third-order valence-electron chi connectivity index (χ3n) is 18.3. The normalized spacial score (nSPS) is 24.7. The van der Waals surface area contributed by atoms with Gasteiger partial charge in [0, 0.05) is 21.5 Å². The highest BCUT2D eigenvalue weighted by Gasteiger charge is 2.44. The van der Waals surface area contributed by atoms with Crippen molar-refractivity contribution in [1.29, 1.82) is 0 Å². The van der Waals surface area contributed by atoms with Crippen LogP contribution in [0.4, 0.5) is 0 Å². The number of aliphatic hydroxyl groups excluding tert-OH is 3. The van der Waals surface area contributed by atoms with E-state index in [0.29, 0.717) is 93.3 Å². The van der Waals surface area contributed by atoms with Crippen LogP contribution in [0.15, 0.2) is 148 Å². The van der Waals surface area contributed by atoms with Gasteiger partial charge in [0.05, 0.1) is 93.9 Å². The SMILES string of the molecule is O=C(COCOCC1CCC2OC2C1)OCC1CCC(OC(=O)CCOc2c3ccccc3c(OCCC(=O)OC3CC(COCOCC(=O)OCC4CCC(OC(=O)COc5ccc([S+](c6ccccc6)c6ccccc6)cc5)C(O)C4)CCC3O)c3ccccc23)C(O)C1. The topological polar surface area (TPSA) is 269 Å². The Kier molecular flexibility index (Phi) is 25.7. The van der Waals surface area contributed by atoms with Crippen molar-refractivity contribution in [3.05, 3.63) is 133 Å². The highest BCUT2D eigenvalue weighted by molar-refractivity contribution is 7.97. The van der Waals surface area contributed by atoms with Crippen molar-refractivity contribution in [3.8, 4) is 17.2 Å². The Bertz CT molecular complexity index is 3390. The zero-order valence-electron chi connectivity index (χ0n) is 53.9. The van der Waals surface area contributed by atoms with Gasteiger partial charge >= 0.3 is 29.8 Å². The second-order valence-corrected chi connectivity index (χ2v) is 27.4. The van der Waals surface area contributed by atoms with E-state index in [-0.39, 0.29) is 114 Å². The van der Waals surface area contributed by atoms with E-state index in [4.69, 9.17) is 61.6 Å². The Hall–Kier alpha value is -7.38. The maximum Gasteiger partial charge on any atom is 0.344 e. The number of ether oxygens (including phenoxy) is 13. The van der Waals surface area contributed by atoms with Crippen molar-refractivity contribution >= 4 is 62.3 Å². The molecule has 4 aliphatic carbocycles. The minimum atomic E-state index is -0.935. The Morgan fingerprint density at radius 2 is 0.823 bits per heavy atom. The molecule has 0 bridgehead atoms. The predicted octanol–water partition coefficient (Wildman–Crippen LogP) is 9.56. The minimum absolute atomic E-state index is 0.00146. The van der Waals surface area contributed by atoms with E-state index in [1.54, 1.807) is 0 Å². The van der Waals surface area contributed by atoms with E-state index in [2.05, 4.69) is 24.3 Å². The van der Waals surface area contributed by atoms with Crippen LogP contribution in [-0.2, 0) is 82.2 Å². The molecule has 0 spiro atoms. The van der Waals surface area contributed by atoms with Gasteiger partial charge in [-0.1, -0.05) is 84.9 Å². The average Bonchev–Trinajstić information content (AvgIpc) is 0.976. The maximum absolute atomic E-state index is 13.3. The molecule has 6 aromatic rings. The Balaban J connectivity index is 0.536. The molecule has 4 saturated carbocycles. The first kappa shape index (κ1) is 70.0. The molecule has 3 N–H and O–H groups in total. The quantitative estimate of drug-likeness (QED) is 0.00658. The van der Waals surface area contributed by atoms with Gasteiger partial charge in [-0.2, -0.15) is 0 Å². The average molecular weight is 1340 g/mol. The first-order valence-electron chi connectivity index (χ1n) is 33.5. The molecule has 12 unspecified atom stereocenters. The summed E-state index contributed by atoms with van der Waals surface area (Å²) < 4.78 is 74.2. The lowest BCUT2D eigenvalue weighted by Crippen LogP contribution is -2.39. The summed E-state index contributed by atoms with van der Waals surface area (Å²) in [6.45, 7) is -0.0588. The second kappa shape index (κ2) is 35.2. The lowest BCUT2D eigenvalue weighted by Gasteiger charge is -2.32. The summed E-state index contributed by atoms with van der Waals surface area (Å²) in [5.74, 6) is -0.957. The molecule has 0 radical (unpaired) electrons. The smallest absolute Gasteiger partial charge is 0.344 e. The van der Waals surface area contributed by atoms with Gasteiger partial charge in [0.25, 0.3) is 0 Å². The number of hydrogen-bond donors (Lipinski definition) is 3. The number of epoxide rings is 1. The van der Waals surface area contributed by atoms with Crippen molar-refractivity contribution in [3.63, 3.8) is 0 Å². The molecule has 96 heavy (non-hydrogen) atoms. The summed E-state index contributed by atoms with van der Waals surface area (Å²) in [6.07, 6.45) is 2.88. The molecule has 0 amide bonds. The van der Waals surface area contributed by atoms with Gasteiger partial charge in [0.2, 0.25) is 0 Å². The number of carbonyl (C=O) groups is 5. The molecule has 5 aliphatic rings. The molecule has 6 aromatic carbocycles. The standard InChI is InChI=1S/C74H87O21S/c75-60-27-19-50(39-83-46-85-43-70(80)91-42-49-21-29-64(62(77)36-49)94-72(82)45-89-52-23-25-55(26-24-52)96(53-11-3-1-4-12-53)54-13-5-2-6-14-54)37-66(60)95-69(79)32-34-88-74-58-17-9-7-15-56(58)73(57-16-8-10-18-59(57)74)87-33-31-68(78)93-63-28-20-48(35-61(63)76)41-90-71(81)44-86-47-84-40-51-22-30-65-67(38-51)92-65/h1-18,23-26,48-51,60-67,75-77H,19-22,27-47H2/q+1. The van der Waals surface area contributed by atoms with Gasteiger partial charge in [-0.25, -0.2) is 14.4 Å². The molecule has 22 heteroatoms. The number of benzene rings is 6. The molecule has 1 saturated heterocycles. The van der Waals surface area contributed by atoms with Crippen LogP contribution in [-0.4, -0.2) is 167 Å². The largest absolute Gasteiger partial charge is 0.492 e. The zero-order chi connectivity index (χ0) is 66.6. The lowest BCUT2D eigenvalue weighted by molar-refractivity contribution is -0.165. The monoisotopic (exact) mass is 1340 g/mol. The highest BCUT2D eigenvalue weighted by Crippen LogP contribution is 2.44. The summed E-state index contributed by atoms with van der Waals surface area (Å²) in [7, 11) is -0.320. The molecule has 12 atom stereocenters. The fraction of sp³-hybridized carbons (Fsp3) is 0.500. The van der Waals surface area contributed by atoms with E-state index in [1.165, 1.54) is 9.79 Å². The molecule has 0 aromatic heterocycles. The number of esters is 5. The fourth-order valence-electron chi connectivity index (χ4n) is 13.2. The summed E-state index contributed by atoms with van der Waals surface area (Å²) >= 11 is 0. The van der Waals surface area contributed by atoms with Gasteiger partial charge in [-0.3, -0.25) is 9.59 Å². The molecular formula is C74H87O21S+. The Labute approximate surface area is 561 Å². The van der Waals surface area contributed by atoms with E-state index in [1.807, 2.05) is 109 Å². The van der Waals surface area contributed by atoms with Crippen LogP contribution in [0.5, 0.6) is 17.2 Å². The number of fused-ring (bicyclic) bond motifs is 3. The predicted molar refractivity (Wildman–Crippen MR) is 350 cm³/mol. The Morgan fingerprint density at radius 3 is 1.32 bits per heavy atom. The van der Waals surface area contributed by atoms with Crippen LogP contribution >= 0.6 is 0 Å². The number of rotatable bonds is 33. The van der Waals surface area contributed by atoms with Gasteiger partial charge in [-0.15, -0.1) is 0 Å². The van der Waals surface area contributed by atoms with Crippen molar-refractivity contribution < 1.29 is 101 Å². The van der Waals surface area contributed by atoms with E-state index in [9.17, 15) is 39.3 Å². The summed E-state index contributed by atoms with van der Waals surface area (Å²) in [5, 5.41) is 35.5. The van der Waals surface area contributed by atoms with Crippen LogP contribution in [0.3, 0.4) is 0 Å². The van der Waals surface area contributed by atoms with Crippen LogP contribution in [0.2, 0.25) is 0 Å². The third kappa shape index (κ3) is 20.1. The fourth-order valence-corrected chi connectivity index (χ4v) is 15.3. The highest BCUT2D eigenvalue weighted by atomic mass is 32.2. The summed E-state index contributed by atoms with van der Waals surface area (Å²) in [6, 6.07) is 43.3. The zero-order valence-corrected chi connectivity index (χ0v) is 54.7. The van der Waals surface area contributed by atoms with E-state index < -0.39 is 66.5 Å².